The Morgan fingerprint density at radius 3 is 2.50 bits per heavy atom. The van der Waals surface area contributed by atoms with E-state index in [-0.39, 0.29) is 6.61 Å². The summed E-state index contributed by atoms with van der Waals surface area (Å²) in [5.41, 5.74) is 4.80. The Kier molecular flexibility index (Phi) is 10.9. The van der Waals surface area contributed by atoms with E-state index in [0.29, 0.717) is 0 Å². The minimum Gasteiger partial charge on any atom is -0.445 e. The molecule has 0 aromatic carbocycles. The summed E-state index contributed by atoms with van der Waals surface area (Å²) in [6.07, 6.45) is 14.7. The normalized spacial score (nSPS) is 11.3. The molecule has 0 radical (unpaired) electrons. The summed E-state index contributed by atoms with van der Waals surface area (Å²) in [5.74, 6) is 0. The fourth-order valence-electron chi connectivity index (χ4n) is 1.30. The first-order valence-corrected chi connectivity index (χ1v) is 6.01. The number of ether oxygens (including phenoxy) is 1. The fourth-order valence-corrected chi connectivity index (χ4v) is 1.30. The lowest BCUT2D eigenvalue weighted by Gasteiger charge is -1.95. The summed E-state index contributed by atoms with van der Waals surface area (Å²) < 4.78 is 4.53. The number of primary amides is 1. The largest absolute Gasteiger partial charge is 0.445 e. The zero-order chi connectivity index (χ0) is 12.1. The van der Waals surface area contributed by atoms with Gasteiger partial charge in [-0.3, -0.25) is 0 Å². The van der Waals surface area contributed by atoms with E-state index in [1.807, 2.05) is 12.2 Å². The van der Waals surface area contributed by atoms with Gasteiger partial charge in [0.25, 0.3) is 0 Å². The molecule has 92 valence electrons. The summed E-state index contributed by atoms with van der Waals surface area (Å²) >= 11 is 0. The predicted molar refractivity (Wildman–Crippen MR) is 67.2 cm³/mol. The second kappa shape index (κ2) is 11.8. The minimum absolute atomic E-state index is 0.246. The van der Waals surface area contributed by atoms with Gasteiger partial charge in [0.2, 0.25) is 0 Å². The minimum atomic E-state index is -0.732. The van der Waals surface area contributed by atoms with Crippen LogP contribution in [0, 0.1) is 0 Å². The first-order valence-electron chi connectivity index (χ1n) is 6.01. The van der Waals surface area contributed by atoms with E-state index >= 15 is 0 Å². The maximum atomic E-state index is 10.2. The Morgan fingerprint density at radius 2 is 1.81 bits per heavy atom. The number of allylic oxidation sites excluding steroid dienone is 3. The first kappa shape index (κ1) is 14.8. The molecule has 0 aliphatic heterocycles. The molecule has 0 heterocycles. The lowest BCUT2D eigenvalue weighted by atomic mass is 10.1. The summed E-state index contributed by atoms with van der Waals surface area (Å²) in [4.78, 5) is 10.2. The molecule has 0 aliphatic rings. The number of nitrogens with two attached hydrogens (primary N) is 1. The van der Waals surface area contributed by atoms with Crippen molar-refractivity contribution in [2.24, 2.45) is 5.73 Å². The number of carbonyl (C=O) groups is 1. The van der Waals surface area contributed by atoms with Gasteiger partial charge in [-0.15, -0.1) is 0 Å². The maximum Gasteiger partial charge on any atom is 0.404 e. The first-order chi connectivity index (χ1) is 7.77. The van der Waals surface area contributed by atoms with Crippen molar-refractivity contribution in [1.82, 2.24) is 0 Å². The molecule has 2 N–H and O–H groups in total. The molecule has 0 saturated carbocycles. The van der Waals surface area contributed by atoms with Crippen molar-refractivity contribution in [1.29, 1.82) is 0 Å². The van der Waals surface area contributed by atoms with Crippen LogP contribution in [0.15, 0.2) is 24.3 Å². The highest BCUT2D eigenvalue weighted by molar-refractivity contribution is 5.64. The van der Waals surface area contributed by atoms with Crippen molar-refractivity contribution in [3.63, 3.8) is 0 Å². The second-order valence-corrected chi connectivity index (χ2v) is 3.69. The lowest BCUT2D eigenvalue weighted by molar-refractivity contribution is 0.169. The summed E-state index contributed by atoms with van der Waals surface area (Å²) in [7, 11) is 0. The highest BCUT2D eigenvalue weighted by Gasteiger charge is 1.87. The zero-order valence-electron chi connectivity index (χ0n) is 10.2. The molecule has 0 saturated heterocycles. The molecule has 0 unspecified atom stereocenters. The SMILES string of the molecule is CCCCCCC/C=C/C=C/COC(N)=O. The maximum absolute atomic E-state index is 10.2. The monoisotopic (exact) mass is 225 g/mol. The van der Waals surface area contributed by atoms with Crippen LogP contribution in [-0.4, -0.2) is 12.7 Å². The van der Waals surface area contributed by atoms with Crippen LogP contribution in [0.2, 0.25) is 0 Å². The molecule has 0 spiro atoms. The van der Waals surface area contributed by atoms with Crippen LogP contribution < -0.4 is 5.73 Å². The van der Waals surface area contributed by atoms with E-state index < -0.39 is 6.09 Å². The van der Waals surface area contributed by atoms with Crippen molar-refractivity contribution in [3.05, 3.63) is 24.3 Å². The number of rotatable bonds is 9. The van der Waals surface area contributed by atoms with Crippen LogP contribution in [0.3, 0.4) is 0 Å². The van der Waals surface area contributed by atoms with Gasteiger partial charge in [0, 0.05) is 0 Å². The Labute approximate surface area is 98.4 Å². The Morgan fingerprint density at radius 1 is 1.12 bits per heavy atom. The Balaban J connectivity index is 3.23. The van der Waals surface area contributed by atoms with Crippen molar-refractivity contribution in [2.45, 2.75) is 45.4 Å². The quantitative estimate of drug-likeness (QED) is 0.482. The van der Waals surface area contributed by atoms with Gasteiger partial charge in [-0.1, -0.05) is 50.8 Å². The standard InChI is InChI=1S/C13H23NO2/c1-2-3-4-5-6-7-8-9-10-11-12-16-13(14)15/h8-11H,2-7,12H2,1H3,(H2,14,15)/b9-8+,11-10+. The number of hydrogen-bond acceptors (Lipinski definition) is 2. The van der Waals surface area contributed by atoms with Crippen molar-refractivity contribution in [3.8, 4) is 0 Å². The van der Waals surface area contributed by atoms with E-state index in [2.05, 4.69) is 17.7 Å². The molecule has 0 aromatic heterocycles. The number of unbranched alkanes of at least 4 members (excludes halogenated alkanes) is 5. The lowest BCUT2D eigenvalue weighted by Crippen LogP contribution is -2.12. The van der Waals surface area contributed by atoms with Crippen LogP contribution in [0.25, 0.3) is 0 Å². The van der Waals surface area contributed by atoms with Gasteiger partial charge in [-0.05, 0) is 18.9 Å². The van der Waals surface area contributed by atoms with Gasteiger partial charge in [0.1, 0.15) is 6.61 Å². The molecule has 3 nitrogen and oxygen atoms in total. The van der Waals surface area contributed by atoms with Gasteiger partial charge in [0.05, 0.1) is 0 Å². The van der Waals surface area contributed by atoms with E-state index in [1.54, 1.807) is 6.08 Å². The Hall–Kier alpha value is -1.25. The average molecular weight is 225 g/mol. The van der Waals surface area contributed by atoms with Crippen LogP contribution >= 0.6 is 0 Å². The van der Waals surface area contributed by atoms with E-state index in [9.17, 15) is 4.79 Å². The number of amides is 1. The molecule has 0 aromatic rings. The fraction of sp³-hybridized carbons (Fsp3) is 0.615. The van der Waals surface area contributed by atoms with E-state index in [1.165, 1.54) is 32.1 Å². The van der Waals surface area contributed by atoms with Crippen LogP contribution in [0.4, 0.5) is 4.79 Å². The highest BCUT2D eigenvalue weighted by Crippen LogP contribution is 2.05. The van der Waals surface area contributed by atoms with E-state index in [0.717, 1.165) is 6.42 Å². The smallest absolute Gasteiger partial charge is 0.404 e. The summed E-state index contributed by atoms with van der Waals surface area (Å²) in [5, 5.41) is 0. The van der Waals surface area contributed by atoms with Crippen molar-refractivity contribution >= 4 is 6.09 Å². The zero-order valence-corrected chi connectivity index (χ0v) is 10.2. The molecular weight excluding hydrogens is 202 g/mol. The Bertz CT molecular complexity index is 222. The third kappa shape index (κ3) is 12.8. The van der Waals surface area contributed by atoms with Gasteiger partial charge >= 0.3 is 6.09 Å². The highest BCUT2D eigenvalue weighted by atomic mass is 16.5. The third-order valence-corrected chi connectivity index (χ3v) is 2.18. The third-order valence-electron chi connectivity index (χ3n) is 2.18. The van der Waals surface area contributed by atoms with Crippen molar-refractivity contribution in [2.75, 3.05) is 6.61 Å². The number of hydrogen-bond donors (Lipinski definition) is 1. The molecule has 3 heteroatoms. The molecule has 0 rings (SSSR count). The molecule has 16 heavy (non-hydrogen) atoms. The molecule has 0 atom stereocenters. The van der Waals surface area contributed by atoms with Gasteiger partial charge in [0.15, 0.2) is 0 Å². The topological polar surface area (TPSA) is 52.3 Å². The van der Waals surface area contributed by atoms with E-state index in [4.69, 9.17) is 5.73 Å². The second-order valence-electron chi connectivity index (χ2n) is 3.69. The van der Waals surface area contributed by atoms with Gasteiger partial charge < -0.3 is 10.5 Å². The van der Waals surface area contributed by atoms with Crippen molar-refractivity contribution < 1.29 is 9.53 Å². The summed E-state index contributed by atoms with van der Waals surface area (Å²) in [6.45, 7) is 2.47. The molecule has 0 fully saturated rings. The molecule has 1 amide bonds. The molecule has 0 aliphatic carbocycles. The van der Waals surface area contributed by atoms with Gasteiger partial charge in [-0.25, -0.2) is 4.79 Å². The average Bonchev–Trinajstić information content (AvgIpc) is 2.25. The number of carbonyl (C=O) groups excluding carboxylic acids is 1. The summed E-state index contributed by atoms with van der Waals surface area (Å²) in [6, 6.07) is 0. The van der Waals surface area contributed by atoms with Crippen LogP contribution in [-0.2, 0) is 4.74 Å². The molecule has 0 bridgehead atoms. The van der Waals surface area contributed by atoms with Gasteiger partial charge in [-0.2, -0.15) is 0 Å². The molecular formula is C13H23NO2. The predicted octanol–water partition coefficient (Wildman–Crippen LogP) is 3.55. The van der Waals surface area contributed by atoms with Crippen LogP contribution in [0.1, 0.15) is 45.4 Å². The van der Waals surface area contributed by atoms with Crippen LogP contribution in [0.5, 0.6) is 0 Å².